The molecule has 4 aliphatic carbocycles. The van der Waals surface area contributed by atoms with Crippen molar-refractivity contribution in [3.05, 3.63) is 22.8 Å². The van der Waals surface area contributed by atoms with Gasteiger partial charge in [0.2, 0.25) is 0 Å². The first-order chi connectivity index (χ1) is 16.4. The molecule has 35 heavy (non-hydrogen) atoms. The van der Waals surface area contributed by atoms with Crippen LogP contribution in [0.2, 0.25) is 0 Å². The monoisotopic (exact) mass is 484 g/mol. The van der Waals surface area contributed by atoms with Crippen LogP contribution in [0, 0.1) is 34.5 Å². The lowest BCUT2D eigenvalue weighted by Gasteiger charge is -2.59. The number of allylic oxidation sites excluding steroid dienone is 1. The molecule has 0 bridgehead atoms. The van der Waals surface area contributed by atoms with Gasteiger partial charge in [-0.25, -0.2) is 4.79 Å². The van der Waals surface area contributed by atoms with E-state index in [4.69, 9.17) is 9.47 Å². The van der Waals surface area contributed by atoms with E-state index in [2.05, 4.69) is 19.9 Å². The van der Waals surface area contributed by atoms with Crippen LogP contribution < -0.4 is 0 Å². The minimum absolute atomic E-state index is 0.0301. The Hall–Kier alpha value is -1.62. The quantitative estimate of drug-likeness (QED) is 0.399. The topological polar surface area (TPSA) is 72.8 Å². The predicted molar refractivity (Wildman–Crippen MR) is 134 cm³/mol. The van der Waals surface area contributed by atoms with Crippen molar-refractivity contribution >= 4 is 11.9 Å². The molecular formula is C30H44O5. The molecular weight excluding hydrogens is 440 g/mol. The van der Waals surface area contributed by atoms with Crippen LogP contribution in [0.3, 0.4) is 0 Å². The lowest BCUT2D eigenvalue weighted by molar-refractivity contribution is -0.182. The van der Waals surface area contributed by atoms with E-state index in [1.54, 1.807) is 0 Å². The molecule has 1 aliphatic heterocycles. The summed E-state index contributed by atoms with van der Waals surface area (Å²) in [5, 5.41) is 11.9. The van der Waals surface area contributed by atoms with Crippen LogP contribution in [0.25, 0.3) is 0 Å². The summed E-state index contributed by atoms with van der Waals surface area (Å²) in [6.45, 7) is 12.1. The molecule has 0 aromatic carbocycles. The molecule has 0 saturated heterocycles. The highest BCUT2D eigenvalue weighted by molar-refractivity contribution is 5.89. The van der Waals surface area contributed by atoms with Gasteiger partial charge in [-0.05, 0) is 100 Å². The van der Waals surface area contributed by atoms with Crippen LogP contribution in [0.4, 0.5) is 0 Å². The maximum atomic E-state index is 12.5. The summed E-state index contributed by atoms with van der Waals surface area (Å²) in [4.78, 5) is 24.0. The zero-order chi connectivity index (χ0) is 25.3. The van der Waals surface area contributed by atoms with Crippen LogP contribution in [-0.4, -0.2) is 34.9 Å². The molecule has 5 heteroatoms. The second kappa shape index (κ2) is 8.46. The van der Waals surface area contributed by atoms with Crippen molar-refractivity contribution in [2.24, 2.45) is 34.5 Å². The number of ether oxygens (including phenoxy) is 2. The van der Waals surface area contributed by atoms with Crippen LogP contribution >= 0.6 is 0 Å². The van der Waals surface area contributed by atoms with Crippen LogP contribution in [0.1, 0.15) is 99.3 Å². The predicted octanol–water partition coefficient (Wildman–Crippen LogP) is 5.90. The standard InChI is InChI=1S/C30H44O5/c1-17-15-26(35-27(32)18(17)2)30(6,33)25-10-9-23-22-8-7-20-16-21(34-19(3)31)11-13-28(20,4)24(22)12-14-29(23,25)5/h7,21-26,33H,8-16H2,1-6H3/t21-,22-,23-,24-,25-,26+,28-,29-,30+/m0/s1. The normalized spacial score (nSPS) is 44.9. The Bertz CT molecular complexity index is 975. The molecule has 3 saturated carbocycles. The fraction of sp³-hybridized carbons (Fsp3) is 0.800. The van der Waals surface area contributed by atoms with Crippen molar-refractivity contribution in [1.29, 1.82) is 0 Å². The Morgan fingerprint density at radius 1 is 1.11 bits per heavy atom. The number of carbonyl (C=O) groups excluding carboxylic acids is 2. The zero-order valence-corrected chi connectivity index (χ0v) is 22.5. The van der Waals surface area contributed by atoms with E-state index in [9.17, 15) is 14.7 Å². The highest BCUT2D eigenvalue weighted by atomic mass is 16.6. The first kappa shape index (κ1) is 25.0. The van der Waals surface area contributed by atoms with E-state index in [0.717, 1.165) is 50.5 Å². The van der Waals surface area contributed by atoms with E-state index in [-0.39, 0.29) is 34.8 Å². The van der Waals surface area contributed by atoms with Crippen molar-refractivity contribution in [2.45, 2.75) is 117 Å². The first-order valence-corrected chi connectivity index (χ1v) is 13.8. The van der Waals surface area contributed by atoms with Crippen molar-refractivity contribution in [3.8, 4) is 0 Å². The van der Waals surface area contributed by atoms with Gasteiger partial charge in [-0.15, -0.1) is 0 Å². The number of hydrogen-bond acceptors (Lipinski definition) is 5. The first-order valence-electron chi connectivity index (χ1n) is 13.8. The van der Waals surface area contributed by atoms with Gasteiger partial charge in [-0.2, -0.15) is 0 Å². The molecule has 1 heterocycles. The summed E-state index contributed by atoms with van der Waals surface area (Å²) in [7, 11) is 0. The molecule has 0 aromatic heterocycles. The van der Waals surface area contributed by atoms with Gasteiger partial charge in [0.1, 0.15) is 17.8 Å². The van der Waals surface area contributed by atoms with Gasteiger partial charge >= 0.3 is 11.9 Å². The van der Waals surface area contributed by atoms with Crippen molar-refractivity contribution < 1.29 is 24.2 Å². The summed E-state index contributed by atoms with van der Waals surface area (Å²) in [5.41, 5.74) is 2.45. The third kappa shape index (κ3) is 3.83. The van der Waals surface area contributed by atoms with Gasteiger partial charge in [0.05, 0.1) is 0 Å². The van der Waals surface area contributed by atoms with E-state index in [1.807, 2.05) is 20.8 Å². The maximum Gasteiger partial charge on any atom is 0.334 e. The third-order valence-corrected chi connectivity index (χ3v) is 11.4. The minimum Gasteiger partial charge on any atom is -0.462 e. The number of aliphatic hydroxyl groups is 1. The number of hydrogen-bond donors (Lipinski definition) is 1. The SMILES string of the molecule is CC(=O)O[C@H]1CC[C@@]2(C)C(=CC[C@H]3[C@@H]4CC[C@H]([C@@](C)(O)[C@H]5CC(C)=C(C)C(=O)O5)[C@@]4(C)CC[C@@H]32)C1. The molecule has 0 amide bonds. The Labute approximate surface area is 210 Å². The molecule has 0 spiro atoms. The summed E-state index contributed by atoms with van der Waals surface area (Å²) >= 11 is 0. The lowest BCUT2D eigenvalue weighted by Crippen LogP contribution is -2.57. The van der Waals surface area contributed by atoms with Gasteiger partial charge < -0.3 is 14.6 Å². The van der Waals surface area contributed by atoms with Crippen LogP contribution in [-0.2, 0) is 19.1 Å². The summed E-state index contributed by atoms with van der Waals surface area (Å²) in [6.07, 6.45) is 11.1. The molecule has 5 rings (SSSR count). The van der Waals surface area contributed by atoms with E-state index >= 15 is 0 Å². The molecule has 0 radical (unpaired) electrons. The number of esters is 2. The lowest BCUT2D eigenvalue weighted by atomic mass is 9.46. The molecule has 3 fully saturated rings. The Balaban J connectivity index is 1.37. The molecule has 5 aliphatic rings. The molecule has 194 valence electrons. The number of carbonyl (C=O) groups is 2. The molecule has 5 nitrogen and oxygen atoms in total. The molecule has 1 N–H and O–H groups in total. The van der Waals surface area contributed by atoms with Crippen molar-refractivity contribution in [3.63, 3.8) is 0 Å². The Morgan fingerprint density at radius 3 is 2.54 bits per heavy atom. The number of rotatable bonds is 3. The summed E-state index contributed by atoms with van der Waals surface area (Å²) in [6, 6.07) is 0. The fourth-order valence-electron chi connectivity index (χ4n) is 9.34. The Morgan fingerprint density at radius 2 is 1.86 bits per heavy atom. The van der Waals surface area contributed by atoms with E-state index in [1.165, 1.54) is 18.9 Å². The van der Waals surface area contributed by atoms with Gasteiger partial charge in [0, 0.05) is 25.3 Å². The van der Waals surface area contributed by atoms with Crippen LogP contribution in [0.5, 0.6) is 0 Å². The fourth-order valence-corrected chi connectivity index (χ4v) is 9.34. The average molecular weight is 485 g/mol. The van der Waals surface area contributed by atoms with Gasteiger partial charge in [0.15, 0.2) is 0 Å². The second-order valence-corrected chi connectivity index (χ2v) is 13.1. The number of fused-ring (bicyclic) bond motifs is 5. The van der Waals surface area contributed by atoms with E-state index < -0.39 is 11.7 Å². The van der Waals surface area contributed by atoms with Gasteiger partial charge in [-0.1, -0.05) is 31.1 Å². The minimum atomic E-state index is -1.03. The number of cyclic esters (lactones) is 1. The highest BCUT2D eigenvalue weighted by Crippen LogP contribution is 2.68. The maximum absolute atomic E-state index is 12.5. The van der Waals surface area contributed by atoms with Gasteiger partial charge in [-0.3, -0.25) is 4.79 Å². The average Bonchev–Trinajstić information content (AvgIpc) is 3.15. The Kier molecular flexibility index (Phi) is 6.06. The van der Waals surface area contributed by atoms with Crippen molar-refractivity contribution in [1.82, 2.24) is 0 Å². The second-order valence-electron chi connectivity index (χ2n) is 13.1. The van der Waals surface area contributed by atoms with E-state index in [0.29, 0.717) is 29.7 Å². The smallest absolute Gasteiger partial charge is 0.334 e. The van der Waals surface area contributed by atoms with Crippen molar-refractivity contribution in [2.75, 3.05) is 0 Å². The molecule has 0 unspecified atom stereocenters. The van der Waals surface area contributed by atoms with Crippen LogP contribution in [0.15, 0.2) is 22.8 Å². The van der Waals surface area contributed by atoms with Gasteiger partial charge in [0.25, 0.3) is 0 Å². The molecule has 0 aromatic rings. The summed E-state index contributed by atoms with van der Waals surface area (Å²) < 4.78 is 11.4. The summed E-state index contributed by atoms with van der Waals surface area (Å²) in [5.74, 6) is 1.55. The largest absolute Gasteiger partial charge is 0.462 e. The third-order valence-electron chi connectivity index (χ3n) is 11.4. The zero-order valence-electron chi connectivity index (χ0n) is 22.5. The highest BCUT2D eigenvalue weighted by Gasteiger charge is 2.63. The molecule has 9 atom stereocenters.